The first-order valence-electron chi connectivity index (χ1n) is 10.4. The average Bonchev–Trinajstić information content (AvgIpc) is 3.14. The molecule has 1 aromatic carbocycles. The van der Waals surface area contributed by atoms with Crippen LogP contribution in [0.15, 0.2) is 29.3 Å². The Hall–Kier alpha value is -2.24. The third-order valence-electron chi connectivity index (χ3n) is 5.07. The summed E-state index contributed by atoms with van der Waals surface area (Å²) < 4.78 is 5.69. The molecule has 1 fully saturated rings. The molecule has 0 spiro atoms. The van der Waals surface area contributed by atoms with Gasteiger partial charge in [-0.15, -0.1) is 0 Å². The lowest BCUT2D eigenvalue weighted by atomic mass is 9.84. The maximum atomic E-state index is 12.7. The molecule has 1 aliphatic carbocycles. The van der Waals surface area contributed by atoms with Gasteiger partial charge >= 0.3 is 0 Å². The van der Waals surface area contributed by atoms with E-state index in [1.807, 2.05) is 59.1 Å². The highest BCUT2D eigenvalue weighted by Crippen LogP contribution is 2.38. The number of hydrogen-bond acceptors (Lipinski definition) is 3. The van der Waals surface area contributed by atoms with E-state index in [0.29, 0.717) is 13.1 Å². The SMILES string of the molecule is CCNC(=NCc1ccc(OC(C)C)cc1)NCC1(C(=O)N(C)C)CCCC1. The Morgan fingerprint density at radius 1 is 1.18 bits per heavy atom. The Kier molecular flexibility index (Phi) is 8.15. The van der Waals surface area contributed by atoms with Crippen molar-refractivity contribution in [1.29, 1.82) is 0 Å². The van der Waals surface area contributed by atoms with E-state index in [2.05, 4.69) is 10.6 Å². The number of carbonyl (C=O) groups is 1. The molecule has 0 atom stereocenters. The van der Waals surface area contributed by atoms with Gasteiger partial charge in [-0.25, -0.2) is 4.99 Å². The van der Waals surface area contributed by atoms with Crippen LogP contribution in [0.2, 0.25) is 0 Å². The molecule has 0 radical (unpaired) electrons. The molecule has 1 saturated carbocycles. The van der Waals surface area contributed by atoms with Crippen molar-refractivity contribution in [3.8, 4) is 5.75 Å². The molecule has 2 N–H and O–H groups in total. The summed E-state index contributed by atoms with van der Waals surface area (Å²) in [5.41, 5.74) is 0.809. The molecular formula is C22H36N4O2. The number of benzene rings is 1. The summed E-state index contributed by atoms with van der Waals surface area (Å²) in [6, 6.07) is 8.04. The van der Waals surface area contributed by atoms with Crippen LogP contribution in [-0.2, 0) is 11.3 Å². The monoisotopic (exact) mass is 388 g/mol. The normalized spacial score (nSPS) is 16.1. The summed E-state index contributed by atoms with van der Waals surface area (Å²) in [5, 5.41) is 6.70. The van der Waals surface area contributed by atoms with E-state index in [9.17, 15) is 4.79 Å². The molecule has 2 rings (SSSR count). The van der Waals surface area contributed by atoms with Crippen molar-refractivity contribution in [3.05, 3.63) is 29.8 Å². The molecule has 0 heterocycles. The first kappa shape index (κ1) is 22.1. The topological polar surface area (TPSA) is 66.0 Å². The number of hydrogen-bond donors (Lipinski definition) is 2. The minimum atomic E-state index is -0.310. The summed E-state index contributed by atoms with van der Waals surface area (Å²) in [7, 11) is 3.68. The molecule has 1 amide bonds. The van der Waals surface area contributed by atoms with Crippen LogP contribution in [0.1, 0.15) is 52.0 Å². The zero-order valence-corrected chi connectivity index (χ0v) is 18.0. The van der Waals surface area contributed by atoms with Crippen molar-refractivity contribution in [2.24, 2.45) is 10.4 Å². The first-order chi connectivity index (χ1) is 13.4. The van der Waals surface area contributed by atoms with Crippen LogP contribution in [-0.4, -0.2) is 50.1 Å². The van der Waals surface area contributed by atoms with Gasteiger partial charge in [0.1, 0.15) is 5.75 Å². The second-order valence-corrected chi connectivity index (χ2v) is 8.05. The lowest BCUT2D eigenvalue weighted by molar-refractivity contribution is -0.138. The molecule has 6 heteroatoms. The molecule has 1 aromatic rings. The zero-order chi connectivity index (χ0) is 20.6. The summed E-state index contributed by atoms with van der Waals surface area (Å²) in [6.45, 7) is 8.06. The lowest BCUT2D eigenvalue weighted by Gasteiger charge is -2.31. The molecule has 0 saturated heterocycles. The van der Waals surface area contributed by atoms with Gasteiger partial charge < -0.3 is 20.3 Å². The summed E-state index contributed by atoms with van der Waals surface area (Å²) >= 11 is 0. The van der Waals surface area contributed by atoms with Gasteiger partial charge in [-0.1, -0.05) is 25.0 Å². The van der Waals surface area contributed by atoms with Crippen molar-refractivity contribution in [2.75, 3.05) is 27.2 Å². The predicted molar refractivity (Wildman–Crippen MR) is 115 cm³/mol. The van der Waals surface area contributed by atoms with Crippen molar-refractivity contribution in [1.82, 2.24) is 15.5 Å². The first-order valence-corrected chi connectivity index (χ1v) is 10.4. The highest BCUT2D eigenvalue weighted by Gasteiger charge is 2.42. The number of guanidine groups is 1. The number of aliphatic imine (C=N–C) groups is 1. The quantitative estimate of drug-likeness (QED) is 0.530. The fraction of sp³-hybridized carbons (Fsp3) is 0.636. The van der Waals surface area contributed by atoms with E-state index in [1.54, 1.807) is 4.90 Å². The van der Waals surface area contributed by atoms with Gasteiger partial charge in [0.15, 0.2) is 5.96 Å². The minimum absolute atomic E-state index is 0.168. The summed E-state index contributed by atoms with van der Waals surface area (Å²) in [5.74, 6) is 1.84. The third kappa shape index (κ3) is 6.14. The zero-order valence-electron chi connectivity index (χ0n) is 18.0. The van der Waals surface area contributed by atoms with Crippen molar-refractivity contribution in [3.63, 3.8) is 0 Å². The Bertz CT molecular complexity index is 647. The van der Waals surface area contributed by atoms with E-state index in [4.69, 9.17) is 9.73 Å². The van der Waals surface area contributed by atoms with E-state index in [-0.39, 0.29) is 17.4 Å². The molecule has 28 heavy (non-hydrogen) atoms. The van der Waals surface area contributed by atoms with Crippen LogP contribution in [0.5, 0.6) is 5.75 Å². The number of rotatable bonds is 8. The second-order valence-electron chi connectivity index (χ2n) is 8.05. The molecule has 0 bridgehead atoms. The number of amides is 1. The van der Waals surface area contributed by atoms with Gasteiger partial charge in [-0.3, -0.25) is 4.79 Å². The van der Waals surface area contributed by atoms with E-state index in [0.717, 1.165) is 49.5 Å². The summed E-state index contributed by atoms with van der Waals surface area (Å²) in [6.07, 6.45) is 4.27. The molecular weight excluding hydrogens is 352 g/mol. The molecule has 156 valence electrons. The molecule has 0 unspecified atom stereocenters. The molecule has 6 nitrogen and oxygen atoms in total. The van der Waals surface area contributed by atoms with Crippen LogP contribution in [0.3, 0.4) is 0 Å². The largest absolute Gasteiger partial charge is 0.491 e. The smallest absolute Gasteiger partial charge is 0.230 e. The van der Waals surface area contributed by atoms with Crippen molar-refractivity contribution in [2.45, 2.75) is 59.1 Å². The van der Waals surface area contributed by atoms with E-state index in [1.165, 1.54) is 0 Å². The molecule has 1 aliphatic rings. The highest BCUT2D eigenvalue weighted by molar-refractivity contribution is 5.85. The van der Waals surface area contributed by atoms with E-state index < -0.39 is 0 Å². The van der Waals surface area contributed by atoms with Crippen LogP contribution in [0.4, 0.5) is 0 Å². The summed E-state index contributed by atoms with van der Waals surface area (Å²) in [4.78, 5) is 19.2. The fourth-order valence-corrected chi connectivity index (χ4v) is 3.70. The molecule has 0 aliphatic heterocycles. The maximum Gasteiger partial charge on any atom is 0.230 e. The third-order valence-corrected chi connectivity index (χ3v) is 5.07. The van der Waals surface area contributed by atoms with Gasteiger partial charge in [-0.05, 0) is 51.3 Å². The van der Waals surface area contributed by atoms with Crippen molar-refractivity contribution < 1.29 is 9.53 Å². The van der Waals surface area contributed by atoms with Crippen LogP contribution >= 0.6 is 0 Å². The minimum Gasteiger partial charge on any atom is -0.491 e. The average molecular weight is 389 g/mol. The van der Waals surface area contributed by atoms with Gasteiger partial charge in [0.05, 0.1) is 18.1 Å². The Morgan fingerprint density at radius 3 is 2.36 bits per heavy atom. The van der Waals surface area contributed by atoms with Gasteiger partial charge in [0, 0.05) is 27.2 Å². The standard InChI is InChI=1S/C22H36N4O2/c1-6-23-21(24-15-18-9-11-19(12-10-18)28-17(2)3)25-16-22(13-7-8-14-22)20(27)26(4)5/h9-12,17H,6-8,13-16H2,1-5H3,(H2,23,24,25). The fourth-order valence-electron chi connectivity index (χ4n) is 3.70. The number of nitrogens with one attached hydrogen (secondary N) is 2. The van der Waals surface area contributed by atoms with Gasteiger partial charge in [0.2, 0.25) is 5.91 Å². The number of ether oxygens (including phenoxy) is 1. The van der Waals surface area contributed by atoms with Crippen molar-refractivity contribution >= 4 is 11.9 Å². The number of carbonyl (C=O) groups excluding carboxylic acids is 1. The van der Waals surface area contributed by atoms with Gasteiger partial charge in [0.25, 0.3) is 0 Å². The number of nitrogens with zero attached hydrogens (tertiary/aromatic N) is 2. The molecule has 0 aromatic heterocycles. The van der Waals surface area contributed by atoms with Crippen LogP contribution < -0.4 is 15.4 Å². The van der Waals surface area contributed by atoms with Gasteiger partial charge in [-0.2, -0.15) is 0 Å². The highest BCUT2D eigenvalue weighted by atomic mass is 16.5. The van der Waals surface area contributed by atoms with Crippen LogP contribution in [0, 0.1) is 5.41 Å². The maximum absolute atomic E-state index is 12.7. The predicted octanol–water partition coefficient (Wildman–Crippen LogP) is 3.18. The second kappa shape index (κ2) is 10.3. The Balaban J connectivity index is 2.00. The lowest BCUT2D eigenvalue weighted by Crippen LogP contribution is -2.49. The van der Waals surface area contributed by atoms with E-state index >= 15 is 0 Å². The van der Waals surface area contributed by atoms with Crippen LogP contribution in [0.25, 0.3) is 0 Å². The Morgan fingerprint density at radius 2 is 1.82 bits per heavy atom. The Labute approximate surface area is 169 Å².